The Kier molecular flexibility index (Phi) is 5.72. The van der Waals surface area contributed by atoms with Crippen molar-refractivity contribution in [3.05, 3.63) is 24.0 Å². The predicted molar refractivity (Wildman–Crippen MR) is 107 cm³/mol. The Balaban J connectivity index is 1.41. The van der Waals surface area contributed by atoms with E-state index in [9.17, 15) is 4.79 Å². The molecule has 150 valence electrons. The van der Waals surface area contributed by atoms with Gasteiger partial charge in [0.15, 0.2) is 22.5 Å². The van der Waals surface area contributed by atoms with Gasteiger partial charge in [-0.15, -0.1) is 10.2 Å². The lowest BCUT2D eigenvalue weighted by Gasteiger charge is -2.23. The van der Waals surface area contributed by atoms with Crippen molar-refractivity contribution in [1.82, 2.24) is 19.7 Å². The van der Waals surface area contributed by atoms with Crippen LogP contribution < -0.4 is 14.8 Å². The van der Waals surface area contributed by atoms with Gasteiger partial charge >= 0.3 is 0 Å². The van der Waals surface area contributed by atoms with Crippen molar-refractivity contribution >= 4 is 23.4 Å². The van der Waals surface area contributed by atoms with Crippen molar-refractivity contribution in [2.24, 2.45) is 7.05 Å². The Morgan fingerprint density at radius 1 is 1.29 bits per heavy atom. The fourth-order valence-corrected chi connectivity index (χ4v) is 4.33. The van der Waals surface area contributed by atoms with Crippen LogP contribution in [0.1, 0.15) is 31.6 Å². The summed E-state index contributed by atoms with van der Waals surface area (Å²) < 4.78 is 13.2. The number of ether oxygens (including phenoxy) is 2. The van der Waals surface area contributed by atoms with Crippen LogP contribution >= 0.6 is 11.8 Å². The van der Waals surface area contributed by atoms with E-state index in [0.29, 0.717) is 36.9 Å². The minimum Gasteiger partial charge on any atom is -0.486 e. The molecule has 9 heteroatoms. The highest BCUT2D eigenvalue weighted by atomic mass is 32.2. The summed E-state index contributed by atoms with van der Waals surface area (Å²) in [4.78, 5) is 14.8. The van der Waals surface area contributed by atoms with Gasteiger partial charge in [-0.3, -0.25) is 9.69 Å². The molecule has 1 aromatic carbocycles. The maximum absolute atomic E-state index is 12.6. The van der Waals surface area contributed by atoms with E-state index < -0.39 is 0 Å². The number of aromatic nitrogens is 3. The third kappa shape index (κ3) is 3.95. The van der Waals surface area contributed by atoms with Gasteiger partial charge in [0.1, 0.15) is 13.2 Å². The number of rotatable bonds is 6. The predicted octanol–water partition coefficient (Wildman–Crippen LogP) is 2.47. The monoisotopic (exact) mass is 403 g/mol. The van der Waals surface area contributed by atoms with E-state index in [1.807, 2.05) is 25.2 Å². The van der Waals surface area contributed by atoms with Crippen LogP contribution in [0.3, 0.4) is 0 Å². The first-order chi connectivity index (χ1) is 13.7. The number of fused-ring (bicyclic) bond motifs is 1. The Bertz CT molecular complexity index is 856. The van der Waals surface area contributed by atoms with Gasteiger partial charge in [0.25, 0.3) is 0 Å². The van der Waals surface area contributed by atoms with Crippen molar-refractivity contribution in [3.63, 3.8) is 0 Å². The highest BCUT2D eigenvalue weighted by Gasteiger charge is 2.31. The van der Waals surface area contributed by atoms with Crippen molar-refractivity contribution < 1.29 is 14.3 Å². The molecular weight excluding hydrogens is 378 g/mol. The highest BCUT2D eigenvalue weighted by Crippen LogP contribution is 2.34. The van der Waals surface area contributed by atoms with Gasteiger partial charge in [-0.05, 0) is 37.3 Å². The second-order valence-electron chi connectivity index (χ2n) is 6.87. The molecule has 0 radical (unpaired) electrons. The molecule has 4 rings (SSSR count). The van der Waals surface area contributed by atoms with Gasteiger partial charge in [-0.2, -0.15) is 0 Å². The first-order valence-electron chi connectivity index (χ1n) is 9.61. The van der Waals surface area contributed by atoms with Crippen LogP contribution in [-0.2, 0) is 11.8 Å². The van der Waals surface area contributed by atoms with Crippen LogP contribution in [0.15, 0.2) is 23.4 Å². The fourth-order valence-electron chi connectivity index (χ4n) is 3.68. The topological polar surface area (TPSA) is 81.5 Å². The molecule has 0 spiro atoms. The smallest absolute Gasteiger partial charge is 0.238 e. The molecule has 1 saturated heterocycles. The van der Waals surface area contributed by atoms with E-state index in [-0.39, 0.29) is 11.9 Å². The average Bonchev–Trinajstić information content (AvgIpc) is 3.28. The summed E-state index contributed by atoms with van der Waals surface area (Å²) in [5, 5.41) is 12.6. The molecule has 0 unspecified atom stereocenters. The van der Waals surface area contributed by atoms with E-state index >= 15 is 0 Å². The lowest BCUT2D eigenvalue weighted by Crippen LogP contribution is -2.34. The lowest BCUT2D eigenvalue weighted by molar-refractivity contribution is -0.117. The standard InChI is InChI=1S/C19H25N5O3S/c1-3-28-19-22-21-18(23(19)2)14-5-4-8-24(14)12-17(25)20-13-6-7-15-16(11-13)27-10-9-26-15/h6-7,11,14H,3-5,8-10,12H2,1-2H3,(H,20,25)/t14-/m1/s1. The summed E-state index contributed by atoms with van der Waals surface area (Å²) in [5.41, 5.74) is 0.713. The first kappa shape index (κ1) is 19.1. The minimum absolute atomic E-state index is 0.0473. The summed E-state index contributed by atoms with van der Waals surface area (Å²) in [6.07, 6.45) is 2.03. The van der Waals surface area contributed by atoms with Crippen LogP contribution in [0.4, 0.5) is 5.69 Å². The van der Waals surface area contributed by atoms with Crippen LogP contribution in [0.2, 0.25) is 0 Å². The molecule has 2 aliphatic heterocycles. The zero-order valence-electron chi connectivity index (χ0n) is 16.2. The Morgan fingerprint density at radius 3 is 2.93 bits per heavy atom. The first-order valence-corrected chi connectivity index (χ1v) is 10.6. The number of nitrogens with zero attached hydrogens (tertiary/aromatic N) is 4. The maximum Gasteiger partial charge on any atom is 0.238 e. The number of amides is 1. The molecule has 28 heavy (non-hydrogen) atoms. The summed E-state index contributed by atoms with van der Waals surface area (Å²) >= 11 is 1.68. The lowest BCUT2D eigenvalue weighted by atomic mass is 10.2. The third-order valence-electron chi connectivity index (χ3n) is 4.98. The van der Waals surface area contributed by atoms with Crippen LogP contribution in [0, 0.1) is 0 Å². The SMILES string of the molecule is CCSc1nnc([C@H]2CCCN2CC(=O)Nc2ccc3c(c2)OCCO3)n1C. The summed E-state index contributed by atoms with van der Waals surface area (Å²) in [7, 11) is 2.00. The molecule has 2 aromatic rings. The van der Waals surface area contributed by atoms with Gasteiger partial charge in [0.05, 0.1) is 12.6 Å². The third-order valence-corrected chi connectivity index (χ3v) is 5.88. The Labute approximate surface area is 168 Å². The molecule has 1 N–H and O–H groups in total. The number of carbonyl (C=O) groups is 1. The number of thioether (sulfide) groups is 1. The molecule has 1 aromatic heterocycles. The van der Waals surface area contributed by atoms with E-state index in [1.165, 1.54) is 0 Å². The van der Waals surface area contributed by atoms with Crippen molar-refractivity contribution in [2.45, 2.75) is 31.0 Å². The van der Waals surface area contributed by atoms with Gasteiger partial charge in [-0.25, -0.2) is 0 Å². The average molecular weight is 404 g/mol. The molecule has 2 aliphatic rings. The van der Waals surface area contributed by atoms with E-state index in [0.717, 1.165) is 36.1 Å². The molecule has 8 nitrogen and oxygen atoms in total. The van der Waals surface area contributed by atoms with Crippen LogP contribution in [0.25, 0.3) is 0 Å². The van der Waals surface area contributed by atoms with Crippen molar-refractivity contribution in [3.8, 4) is 11.5 Å². The number of hydrogen-bond acceptors (Lipinski definition) is 7. The van der Waals surface area contributed by atoms with Crippen molar-refractivity contribution in [1.29, 1.82) is 0 Å². The molecule has 1 fully saturated rings. The number of hydrogen-bond donors (Lipinski definition) is 1. The van der Waals surface area contributed by atoms with Crippen molar-refractivity contribution in [2.75, 3.05) is 37.4 Å². The van der Waals surface area contributed by atoms with Gasteiger partial charge in [0.2, 0.25) is 5.91 Å². The number of benzene rings is 1. The zero-order chi connectivity index (χ0) is 19.5. The number of likely N-dealkylation sites (tertiary alicyclic amines) is 1. The molecule has 1 atom stereocenters. The second kappa shape index (κ2) is 8.40. The van der Waals surface area contributed by atoms with Gasteiger partial charge < -0.3 is 19.4 Å². The summed E-state index contributed by atoms with van der Waals surface area (Å²) in [5.74, 6) is 3.22. The zero-order valence-corrected chi connectivity index (χ0v) is 17.0. The highest BCUT2D eigenvalue weighted by molar-refractivity contribution is 7.99. The Hall–Kier alpha value is -2.26. The van der Waals surface area contributed by atoms with Crippen LogP contribution in [-0.4, -0.2) is 57.6 Å². The largest absolute Gasteiger partial charge is 0.486 e. The molecule has 0 saturated carbocycles. The normalized spacial score (nSPS) is 19.0. The molecule has 0 aliphatic carbocycles. The van der Waals surface area contributed by atoms with Crippen LogP contribution in [0.5, 0.6) is 11.5 Å². The van der Waals surface area contributed by atoms with E-state index in [4.69, 9.17) is 9.47 Å². The number of carbonyl (C=O) groups excluding carboxylic acids is 1. The minimum atomic E-state index is -0.0473. The summed E-state index contributed by atoms with van der Waals surface area (Å²) in [6.45, 7) is 4.37. The second-order valence-corrected chi connectivity index (χ2v) is 8.10. The molecular formula is C19H25N5O3S. The fraction of sp³-hybridized carbons (Fsp3) is 0.526. The number of nitrogens with one attached hydrogen (secondary N) is 1. The summed E-state index contributed by atoms with van der Waals surface area (Å²) in [6, 6.07) is 5.60. The Morgan fingerprint density at radius 2 is 2.11 bits per heavy atom. The van der Waals surface area contributed by atoms with Gasteiger partial charge in [0, 0.05) is 18.8 Å². The van der Waals surface area contributed by atoms with Gasteiger partial charge in [-0.1, -0.05) is 18.7 Å². The molecule has 1 amide bonds. The quantitative estimate of drug-likeness (QED) is 0.742. The maximum atomic E-state index is 12.6. The van der Waals surface area contributed by atoms with E-state index in [1.54, 1.807) is 11.8 Å². The number of anilines is 1. The molecule has 3 heterocycles. The van der Waals surface area contributed by atoms with E-state index in [2.05, 4.69) is 31.9 Å². The molecule has 0 bridgehead atoms.